The van der Waals surface area contributed by atoms with E-state index in [9.17, 15) is 4.79 Å². The van der Waals surface area contributed by atoms with Crippen molar-refractivity contribution in [2.45, 2.75) is 12.5 Å². The smallest absolute Gasteiger partial charge is 0.219 e. The van der Waals surface area contributed by atoms with E-state index in [-0.39, 0.29) is 6.42 Å². The van der Waals surface area contributed by atoms with Gasteiger partial charge in [0, 0.05) is 18.0 Å². The van der Waals surface area contributed by atoms with Crippen molar-refractivity contribution in [3.63, 3.8) is 0 Å². The lowest BCUT2D eigenvalue weighted by Gasteiger charge is -2.15. The zero-order valence-corrected chi connectivity index (χ0v) is 9.40. The van der Waals surface area contributed by atoms with E-state index >= 15 is 0 Å². The second-order valence-electron chi connectivity index (χ2n) is 3.38. The lowest BCUT2D eigenvalue weighted by atomic mass is 10.0. The van der Waals surface area contributed by atoms with Crippen LogP contribution in [0.25, 0.3) is 0 Å². The number of primary amides is 1. The van der Waals surface area contributed by atoms with Gasteiger partial charge in [-0.3, -0.25) is 4.79 Å². The second-order valence-corrected chi connectivity index (χ2v) is 3.38. The van der Waals surface area contributed by atoms with Gasteiger partial charge in [-0.2, -0.15) is 0 Å². The van der Waals surface area contributed by atoms with Gasteiger partial charge in [-0.25, -0.2) is 0 Å². The maximum atomic E-state index is 10.8. The maximum Gasteiger partial charge on any atom is 0.219 e. The summed E-state index contributed by atoms with van der Waals surface area (Å²) in [4.78, 5) is 10.8. The molecule has 0 aliphatic rings. The van der Waals surface area contributed by atoms with Gasteiger partial charge in [0.05, 0.1) is 14.2 Å². The Labute approximate surface area is 94.3 Å². The molecule has 5 nitrogen and oxygen atoms in total. The second kappa shape index (κ2) is 5.37. The van der Waals surface area contributed by atoms with E-state index in [2.05, 4.69) is 0 Å². The molecule has 0 aliphatic heterocycles. The molecule has 0 spiro atoms. The van der Waals surface area contributed by atoms with Gasteiger partial charge in [0.2, 0.25) is 5.91 Å². The zero-order chi connectivity index (χ0) is 12.1. The third kappa shape index (κ3) is 2.87. The predicted molar refractivity (Wildman–Crippen MR) is 60.3 cm³/mol. The van der Waals surface area contributed by atoms with Crippen molar-refractivity contribution < 1.29 is 14.3 Å². The minimum atomic E-state index is -0.484. The van der Waals surface area contributed by atoms with Crippen LogP contribution in [-0.2, 0) is 4.79 Å². The minimum absolute atomic E-state index is 0.0729. The third-order valence-corrected chi connectivity index (χ3v) is 2.26. The lowest BCUT2D eigenvalue weighted by Crippen LogP contribution is -2.21. The summed E-state index contributed by atoms with van der Waals surface area (Å²) in [6.45, 7) is 0. The molecule has 0 aromatic heterocycles. The van der Waals surface area contributed by atoms with Crippen LogP contribution in [0.5, 0.6) is 11.5 Å². The minimum Gasteiger partial charge on any atom is -0.497 e. The summed E-state index contributed by atoms with van der Waals surface area (Å²) in [6.07, 6.45) is 0.0729. The van der Waals surface area contributed by atoms with Crippen molar-refractivity contribution in [2.24, 2.45) is 11.5 Å². The molecule has 0 saturated carbocycles. The van der Waals surface area contributed by atoms with Crippen LogP contribution in [0.15, 0.2) is 18.2 Å². The molecule has 1 aromatic rings. The molecule has 5 heteroatoms. The number of nitrogens with two attached hydrogens (primary N) is 2. The zero-order valence-electron chi connectivity index (χ0n) is 9.40. The van der Waals surface area contributed by atoms with Gasteiger partial charge in [0.15, 0.2) is 0 Å². The Morgan fingerprint density at radius 3 is 2.56 bits per heavy atom. The summed E-state index contributed by atoms with van der Waals surface area (Å²) in [5, 5.41) is 0. The summed E-state index contributed by atoms with van der Waals surface area (Å²) < 4.78 is 10.2. The fourth-order valence-corrected chi connectivity index (χ4v) is 1.46. The lowest BCUT2D eigenvalue weighted by molar-refractivity contribution is -0.118. The molecule has 88 valence electrons. The van der Waals surface area contributed by atoms with Crippen molar-refractivity contribution in [3.05, 3.63) is 23.8 Å². The van der Waals surface area contributed by atoms with Crippen molar-refractivity contribution in [1.82, 2.24) is 0 Å². The van der Waals surface area contributed by atoms with E-state index in [0.29, 0.717) is 17.1 Å². The molecule has 1 atom stereocenters. The Morgan fingerprint density at radius 1 is 1.38 bits per heavy atom. The van der Waals surface area contributed by atoms with Crippen molar-refractivity contribution in [1.29, 1.82) is 0 Å². The van der Waals surface area contributed by atoms with Crippen molar-refractivity contribution >= 4 is 5.91 Å². The van der Waals surface area contributed by atoms with E-state index in [1.54, 1.807) is 32.4 Å². The first kappa shape index (κ1) is 12.3. The molecule has 0 unspecified atom stereocenters. The average Bonchev–Trinajstić information content (AvgIpc) is 2.27. The van der Waals surface area contributed by atoms with Gasteiger partial charge >= 0.3 is 0 Å². The molecule has 16 heavy (non-hydrogen) atoms. The molecule has 1 aromatic carbocycles. The summed E-state index contributed by atoms with van der Waals surface area (Å²) in [7, 11) is 3.10. The summed E-state index contributed by atoms with van der Waals surface area (Å²) in [6, 6.07) is 4.77. The van der Waals surface area contributed by atoms with Crippen LogP contribution in [0.1, 0.15) is 18.0 Å². The Kier molecular flexibility index (Phi) is 4.13. The van der Waals surface area contributed by atoms with Crippen LogP contribution < -0.4 is 20.9 Å². The van der Waals surface area contributed by atoms with E-state index in [1.165, 1.54) is 0 Å². The molecule has 0 fully saturated rings. The first-order chi connectivity index (χ1) is 7.58. The maximum absolute atomic E-state index is 10.8. The number of carbonyl (C=O) groups excluding carboxylic acids is 1. The van der Waals surface area contributed by atoms with Crippen molar-refractivity contribution in [2.75, 3.05) is 14.2 Å². The normalized spacial score (nSPS) is 11.9. The van der Waals surface area contributed by atoms with Gasteiger partial charge < -0.3 is 20.9 Å². The third-order valence-electron chi connectivity index (χ3n) is 2.26. The van der Waals surface area contributed by atoms with Crippen molar-refractivity contribution in [3.8, 4) is 11.5 Å². The standard InChI is InChI=1S/C11H16N2O3/c1-15-7-3-4-10(16-2)8(5-7)9(12)6-11(13)14/h3-5,9H,6,12H2,1-2H3,(H2,13,14)/t9-/m0/s1. The number of hydrogen-bond donors (Lipinski definition) is 2. The highest BCUT2D eigenvalue weighted by Gasteiger charge is 2.15. The first-order valence-electron chi connectivity index (χ1n) is 4.84. The Morgan fingerprint density at radius 2 is 2.06 bits per heavy atom. The quantitative estimate of drug-likeness (QED) is 0.765. The fraction of sp³-hybridized carbons (Fsp3) is 0.364. The highest BCUT2D eigenvalue weighted by Crippen LogP contribution is 2.29. The molecular formula is C11H16N2O3. The Hall–Kier alpha value is -1.75. The van der Waals surface area contributed by atoms with Gasteiger partial charge in [0.1, 0.15) is 11.5 Å². The molecule has 1 rings (SSSR count). The average molecular weight is 224 g/mol. The first-order valence-corrected chi connectivity index (χ1v) is 4.84. The van der Waals surface area contributed by atoms with E-state index in [0.717, 1.165) is 0 Å². The number of hydrogen-bond acceptors (Lipinski definition) is 4. The predicted octanol–water partition coefficient (Wildman–Crippen LogP) is 0.579. The number of ether oxygens (including phenoxy) is 2. The fourth-order valence-electron chi connectivity index (χ4n) is 1.46. The molecular weight excluding hydrogens is 208 g/mol. The Balaban J connectivity index is 3.02. The number of benzene rings is 1. The number of methoxy groups -OCH3 is 2. The van der Waals surface area contributed by atoms with Gasteiger partial charge in [-0.05, 0) is 18.2 Å². The molecule has 0 saturated heterocycles. The summed E-state index contributed by atoms with van der Waals surface area (Å²) in [5.41, 5.74) is 11.7. The van der Waals surface area contributed by atoms with Crippen LogP contribution in [0.2, 0.25) is 0 Å². The van der Waals surface area contributed by atoms with E-state index in [4.69, 9.17) is 20.9 Å². The van der Waals surface area contributed by atoms with Crippen LogP contribution >= 0.6 is 0 Å². The van der Waals surface area contributed by atoms with Crippen LogP contribution in [-0.4, -0.2) is 20.1 Å². The molecule has 1 amide bonds. The largest absolute Gasteiger partial charge is 0.497 e. The van der Waals surface area contributed by atoms with E-state index < -0.39 is 11.9 Å². The number of carbonyl (C=O) groups is 1. The van der Waals surface area contributed by atoms with Gasteiger partial charge in [0.25, 0.3) is 0 Å². The molecule has 0 radical (unpaired) electrons. The Bertz CT molecular complexity index is 379. The highest BCUT2D eigenvalue weighted by atomic mass is 16.5. The number of rotatable bonds is 5. The van der Waals surface area contributed by atoms with E-state index in [1.807, 2.05) is 0 Å². The summed E-state index contributed by atoms with van der Waals surface area (Å²) in [5.74, 6) is 0.836. The summed E-state index contributed by atoms with van der Waals surface area (Å²) >= 11 is 0. The van der Waals surface area contributed by atoms with Crippen LogP contribution in [0, 0.1) is 0 Å². The van der Waals surface area contributed by atoms with Gasteiger partial charge in [-0.15, -0.1) is 0 Å². The molecule has 4 N–H and O–H groups in total. The highest BCUT2D eigenvalue weighted by molar-refractivity contribution is 5.74. The monoisotopic (exact) mass is 224 g/mol. The van der Waals surface area contributed by atoms with Crippen LogP contribution in [0.4, 0.5) is 0 Å². The van der Waals surface area contributed by atoms with Gasteiger partial charge in [-0.1, -0.05) is 0 Å². The molecule has 0 bridgehead atoms. The van der Waals surface area contributed by atoms with Crippen LogP contribution in [0.3, 0.4) is 0 Å². The number of amides is 1. The SMILES string of the molecule is COc1ccc(OC)c([C@@H](N)CC(N)=O)c1. The topological polar surface area (TPSA) is 87.6 Å². The molecule has 0 heterocycles. The molecule has 0 aliphatic carbocycles.